The highest BCUT2D eigenvalue weighted by molar-refractivity contribution is 7.15. The highest BCUT2D eigenvalue weighted by Crippen LogP contribution is 2.28. The molecule has 2 rings (SSSR count). The van der Waals surface area contributed by atoms with Crippen molar-refractivity contribution >= 4 is 11.3 Å². The zero-order valence-corrected chi connectivity index (χ0v) is 10.3. The van der Waals surface area contributed by atoms with Crippen molar-refractivity contribution in [3.8, 4) is 16.8 Å². The number of hydrogen-bond acceptors (Lipinski definition) is 6. The third-order valence-electron chi connectivity index (χ3n) is 2.31. The van der Waals surface area contributed by atoms with E-state index in [9.17, 15) is 0 Å². The second-order valence-electron chi connectivity index (χ2n) is 3.37. The van der Waals surface area contributed by atoms with Crippen molar-refractivity contribution in [2.24, 2.45) is 0 Å². The molecule has 0 bridgehead atoms. The minimum absolute atomic E-state index is 0.150. The third-order valence-corrected chi connectivity index (χ3v) is 3.29. The molecule has 0 aromatic carbocycles. The first kappa shape index (κ1) is 11.8. The molecular weight excluding hydrogens is 238 g/mol. The van der Waals surface area contributed by atoms with Gasteiger partial charge in [-0.05, 0) is 18.6 Å². The molecule has 2 aromatic rings. The summed E-state index contributed by atoms with van der Waals surface area (Å²) in [6.07, 6.45) is 0.631. The molecule has 17 heavy (non-hydrogen) atoms. The zero-order chi connectivity index (χ0) is 12.3. The lowest BCUT2D eigenvalue weighted by Gasteiger charge is -2.05. The van der Waals surface area contributed by atoms with Gasteiger partial charge in [0, 0.05) is 7.11 Å². The van der Waals surface area contributed by atoms with E-state index in [1.807, 2.05) is 6.92 Å². The summed E-state index contributed by atoms with van der Waals surface area (Å²) in [7, 11) is 1.61. The van der Waals surface area contributed by atoms with Gasteiger partial charge in [-0.2, -0.15) is 10.2 Å². The Bertz CT molecular complexity index is 537. The first-order valence-electron chi connectivity index (χ1n) is 5.15. The average Bonchev–Trinajstić information content (AvgIpc) is 2.98. The van der Waals surface area contributed by atoms with E-state index in [2.05, 4.69) is 16.2 Å². The molecule has 0 saturated carbocycles. The molecule has 0 fully saturated rings. The Morgan fingerprint density at radius 1 is 1.59 bits per heavy atom. The monoisotopic (exact) mass is 249 g/mol. The van der Waals surface area contributed by atoms with E-state index in [4.69, 9.17) is 14.5 Å². The van der Waals surface area contributed by atoms with Crippen LogP contribution in [0.3, 0.4) is 0 Å². The quantitative estimate of drug-likeness (QED) is 0.833. The highest BCUT2D eigenvalue weighted by Gasteiger charge is 2.17. The van der Waals surface area contributed by atoms with Gasteiger partial charge in [0.25, 0.3) is 5.89 Å². The van der Waals surface area contributed by atoms with E-state index in [0.717, 1.165) is 11.3 Å². The second kappa shape index (κ2) is 5.08. The summed E-state index contributed by atoms with van der Waals surface area (Å²) in [5.41, 5.74) is 0. The van der Waals surface area contributed by atoms with E-state index < -0.39 is 0 Å². The molecule has 88 valence electrons. The second-order valence-corrected chi connectivity index (χ2v) is 4.45. The zero-order valence-electron chi connectivity index (χ0n) is 9.51. The highest BCUT2D eigenvalue weighted by atomic mass is 32.1. The molecule has 0 radical (unpaired) electrons. The van der Waals surface area contributed by atoms with Gasteiger partial charge in [0.15, 0.2) is 0 Å². The molecule has 6 heteroatoms. The van der Waals surface area contributed by atoms with Gasteiger partial charge in [0.2, 0.25) is 5.82 Å². The van der Waals surface area contributed by atoms with Crippen molar-refractivity contribution in [1.82, 2.24) is 10.1 Å². The molecule has 2 aromatic heterocycles. The molecule has 1 atom stereocenters. The van der Waals surface area contributed by atoms with Crippen LogP contribution >= 0.6 is 11.3 Å². The SMILES string of the molecule is CCC(OC)c1noc(-c2ccc(C#N)s2)n1. The fourth-order valence-corrected chi connectivity index (χ4v) is 2.16. The largest absolute Gasteiger partial charge is 0.373 e. The Kier molecular flexibility index (Phi) is 3.52. The van der Waals surface area contributed by atoms with Crippen LogP contribution in [0.4, 0.5) is 0 Å². The molecule has 0 aliphatic heterocycles. The van der Waals surface area contributed by atoms with E-state index in [1.165, 1.54) is 11.3 Å². The van der Waals surface area contributed by atoms with Crippen LogP contribution in [0.5, 0.6) is 0 Å². The van der Waals surface area contributed by atoms with Crippen LogP contribution in [-0.4, -0.2) is 17.3 Å². The van der Waals surface area contributed by atoms with E-state index >= 15 is 0 Å². The summed E-state index contributed by atoms with van der Waals surface area (Å²) in [4.78, 5) is 5.69. The molecule has 1 unspecified atom stereocenters. The smallest absolute Gasteiger partial charge is 0.268 e. The van der Waals surface area contributed by atoms with Crippen LogP contribution in [0.1, 0.15) is 30.2 Å². The minimum atomic E-state index is -0.150. The van der Waals surface area contributed by atoms with Gasteiger partial charge in [-0.3, -0.25) is 0 Å². The summed E-state index contributed by atoms with van der Waals surface area (Å²) in [5, 5.41) is 12.6. The molecule has 5 nitrogen and oxygen atoms in total. The fraction of sp³-hybridized carbons (Fsp3) is 0.364. The first-order chi connectivity index (χ1) is 8.28. The van der Waals surface area contributed by atoms with Gasteiger partial charge < -0.3 is 9.26 Å². The van der Waals surface area contributed by atoms with Crippen molar-refractivity contribution in [2.45, 2.75) is 19.4 Å². The van der Waals surface area contributed by atoms with Crippen LogP contribution in [0.15, 0.2) is 16.7 Å². The maximum absolute atomic E-state index is 8.74. The summed E-state index contributed by atoms with van der Waals surface area (Å²) in [5.74, 6) is 0.971. The van der Waals surface area contributed by atoms with Crippen LogP contribution in [-0.2, 0) is 4.74 Å². The number of hydrogen-bond donors (Lipinski definition) is 0. The summed E-state index contributed by atoms with van der Waals surface area (Å²) >= 11 is 1.33. The van der Waals surface area contributed by atoms with Crippen molar-refractivity contribution < 1.29 is 9.26 Å². The van der Waals surface area contributed by atoms with E-state index in [-0.39, 0.29) is 6.10 Å². The predicted octanol–water partition coefficient (Wildman–Crippen LogP) is 2.77. The van der Waals surface area contributed by atoms with Gasteiger partial charge in [0.1, 0.15) is 17.1 Å². The molecule has 0 aliphatic rings. The summed E-state index contributed by atoms with van der Waals surface area (Å²) < 4.78 is 10.4. The van der Waals surface area contributed by atoms with Crippen LogP contribution in [0, 0.1) is 11.3 Å². The van der Waals surface area contributed by atoms with Crippen LogP contribution in [0.2, 0.25) is 0 Å². The molecule has 0 amide bonds. The first-order valence-corrected chi connectivity index (χ1v) is 5.96. The van der Waals surface area contributed by atoms with Crippen LogP contribution < -0.4 is 0 Å². The van der Waals surface area contributed by atoms with Crippen molar-refractivity contribution in [3.63, 3.8) is 0 Å². The standard InChI is InChI=1S/C11H11N3O2S/c1-3-8(15-2)10-13-11(16-14-10)9-5-4-7(6-12)17-9/h4-5,8H,3H2,1-2H3. The van der Waals surface area contributed by atoms with Crippen molar-refractivity contribution in [3.05, 3.63) is 22.8 Å². The van der Waals surface area contributed by atoms with Crippen molar-refractivity contribution in [1.29, 1.82) is 5.26 Å². The van der Waals surface area contributed by atoms with Gasteiger partial charge in [0.05, 0.1) is 4.88 Å². The molecule has 0 aliphatic carbocycles. The Balaban J connectivity index is 2.26. The van der Waals surface area contributed by atoms with Gasteiger partial charge in [-0.1, -0.05) is 12.1 Å². The minimum Gasteiger partial charge on any atom is -0.373 e. The Morgan fingerprint density at radius 3 is 3.00 bits per heavy atom. The maximum atomic E-state index is 8.74. The molecule has 0 N–H and O–H groups in total. The average molecular weight is 249 g/mol. The van der Waals surface area contributed by atoms with Gasteiger partial charge in [-0.15, -0.1) is 11.3 Å². The number of thiophene rings is 1. The lowest BCUT2D eigenvalue weighted by atomic mass is 10.2. The topological polar surface area (TPSA) is 71.9 Å². The maximum Gasteiger partial charge on any atom is 0.268 e. The molecular formula is C11H11N3O2S. The summed E-state index contributed by atoms with van der Waals surface area (Å²) in [6, 6.07) is 5.61. The molecule has 0 saturated heterocycles. The van der Waals surface area contributed by atoms with E-state index in [0.29, 0.717) is 16.6 Å². The fourth-order valence-electron chi connectivity index (χ4n) is 1.43. The summed E-state index contributed by atoms with van der Waals surface area (Å²) in [6.45, 7) is 1.99. The lowest BCUT2D eigenvalue weighted by molar-refractivity contribution is 0.0903. The van der Waals surface area contributed by atoms with Gasteiger partial charge in [-0.25, -0.2) is 0 Å². The molecule has 0 spiro atoms. The number of aromatic nitrogens is 2. The normalized spacial score (nSPS) is 12.3. The number of nitrogens with zero attached hydrogens (tertiary/aromatic N) is 3. The van der Waals surface area contributed by atoms with Gasteiger partial charge >= 0.3 is 0 Å². The number of rotatable bonds is 4. The Hall–Kier alpha value is -1.71. The number of methoxy groups -OCH3 is 1. The Morgan fingerprint density at radius 2 is 2.41 bits per heavy atom. The van der Waals surface area contributed by atoms with Crippen molar-refractivity contribution in [2.75, 3.05) is 7.11 Å². The number of ether oxygens (including phenoxy) is 1. The third kappa shape index (κ3) is 2.35. The predicted molar refractivity (Wildman–Crippen MR) is 62.4 cm³/mol. The molecule has 2 heterocycles. The van der Waals surface area contributed by atoms with E-state index in [1.54, 1.807) is 19.2 Å². The lowest BCUT2D eigenvalue weighted by Crippen LogP contribution is -2.01. The Labute approximate surface area is 103 Å². The van der Waals surface area contributed by atoms with Crippen LogP contribution in [0.25, 0.3) is 10.8 Å². The number of nitriles is 1.